The second kappa shape index (κ2) is 5.78. The number of carbonyl (C=O) groups excluding carboxylic acids is 1. The summed E-state index contributed by atoms with van der Waals surface area (Å²) in [5.74, 6) is -0.0758. The van der Waals surface area contributed by atoms with Crippen molar-refractivity contribution in [2.24, 2.45) is 14.1 Å². The fourth-order valence-electron chi connectivity index (χ4n) is 3.66. The van der Waals surface area contributed by atoms with Crippen molar-refractivity contribution in [3.05, 3.63) is 63.6 Å². The van der Waals surface area contributed by atoms with Gasteiger partial charge in [0.1, 0.15) is 0 Å². The number of allylic oxidation sites excluding steroid dienone is 1. The first-order valence-electron chi connectivity index (χ1n) is 8.42. The van der Waals surface area contributed by atoms with Gasteiger partial charge in [0, 0.05) is 67.0 Å². The maximum atomic E-state index is 13.2. The molecule has 0 spiro atoms. The fraction of sp³-hybridized carbons (Fsp3) is 0.250. The minimum Gasteiger partial charge on any atom is -0.346 e. The number of pyridine rings is 2. The third-order valence-corrected chi connectivity index (χ3v) is 4.90. The Morgan fingerprint density at radius 3 is 2.58 bits per heavy atom. The largest absolute Gasteiger partial charge is 0.346 e. The van der Waals surface area contributed by atoms with Gasteiger partial charge in [0.2, 0.25) is 0 Å². The minimum absolute atomic E-state index is 0.0755. The molecule has 26 heavy (non-hydrogen) atoms. The molecule has 0 unspecified atom stereocenters. The van der Waals surface area contributed by atoms with Crippen molar-refractivity contribution < 1.29 is 4.79 Å². The number of carbonyl (C=O) groups is 1. The van der Waals surface area contributed by atoms with Crippen LogP contribution in [0.15, 0.2) is 35.5 Å². The molecule has 0 fully saturated rings. The lowest BCUT2D eigenvalue weighted by Crippen LogP contribution is -2.21. The Balaban J connectivity index is 2.11. The number of Topliss-reactive ketones (excluding diaryl/α,β-unsaturated/α-hetero) is 1. The summed E-state index contributed by atoms with van der Waals surface area (Å²) in [5, 5.41) is 1.39. The van der Waals surface area contributed by atoms with E-state index in [0.717, 1.165) is 22.3 Å². The zero-order chi connectivity index (χ0) is 18.6. The predicted octanol–water partition coefficient (Wildman–Crippen LogP) is 2.07. The zero-order valence-corrected chi connectivity index (χ0v) is 15.3. The monoisotopic (exact) mass is 348 g/mol. The van der Waals surface area contributed by atoms with Crippen LogP contribution in [0.1, 0.15) is 27.3 Å². The van der Waals surface area contributed by atoms with E-state index in [4.69, 9.17) is 0 Å². The summed E-state index contributed by atoms with van der Waals surface area (Å²) in [4.78, 5) is 32.2. The maximum absolute atomic E-state index is 13.2. The lowest BCUT2D eigenvalue weighted by Gasteiger charge is -2.15. The zero-order valence-electron chi connectivity index (χ0n) is 15.3. The second-order valence-corrected chi connectivity index (χ2v) is 6.97. The lowest BCUT2D eigenvalue weighted by atomic mass is 9.90. The Morgan fingerprint density at radius 1 is 1.15 bits per heavy atom. The Hall–Kier alpha value is -2.99. The third-order valence-electron chi connectivity index (χ3n) is 4.90. The molecule has 0 radical (unpaired) electrons. The molecule has 0 amide bonds. The number of aryl methyl sites for hydroxylation is 1. The van der Waals surface area contributed by atoms with Crippen molar-refractivity contribution in [3.63, 3.8) is 0 Å². The third kappa shape index (κ3) is 2.26. The molecule has 0 N–H and O–H groups in total. The molecule has 0 atom stereocenters. The number of rotatable bonds is 3. The molecule has 6 heteroatoms. The van der Waals surface area contributed by atoms with Crippen LogP contribution >= 0.6 is 0 Å². The molecular formula is C20H20N4O2. The van der Waals surface area contributed by atoms with Crippen LogP contribution in [0.3, 0.4) is 0 Å². The van der Waals surface area contributed by atoms with Crippen LogP contribution in [0.25, 0.3) is 22.4 Å². The number of nitrogens with zero attached hydrogens (tertiary/aromatic N) is 4. The highest BCUT2D eigenvalue weighted by molar-refractivity contribution is 6.38. The molecule has 1 aliphatic rings. The molecule has 3 aromatic rings. The topological polar surface area (TPSA) is 60.1 Å². The molecule has 132 valence electrons. The number of hydrogen-bond donors (Lipinski definition) is 0. The molecule has 0 saturated heterocycles. The predicted molar refractivity (Wildman–Crippen MR) is 102 cm³/mol. The molecule has 0 bridgehead atoms. The molecule has 3 aromatic heterocycles. The first kappa shape index (κ1) is 16.5. The SMILES string of the molecule is CN(C)Cc1c2c(=O)n(C)cc3c2c(n1C)C=C(c1cccnc1)C3=O. The Morgan fingerprint density at radius 2 is 1.92 bits per heavy atom. The van der Waals surface area contributed by atoms with E-state index in [0.29, 0.717) is 23.1 Å². The maximum Gasteiger partial charge on any atom is 0.260 e. The van der Waals surface area contributed by atoms with Gasteiger partial charge in [-0.05, 0) is 26.2 Å². The van der Waals surface area contributed by atoms with Gasteiger partial charge in [0.05, 0.1) is 11.1 Å². The number of ketones is 1. The Bertz CT molecular complexity index is 1130. The van der Waals surface area contributed by atoms with Crippen LogP contribution in [0.5, 0.6) is 0 Å². The highest BCUT2D eigenvalue weighted by Crippen LogP contribution is 2.36. The van der Waals surface area contributed by atoms with Gasteiger partial charge in [-0.3, -0.25) is 14.6 Å². The molecule has 4 rings (SSSR count). The molecule has 0 aliphatic heterocycles. The summed E-state index contributed by atoms with van der Waals surface area (Å²) in [7, 11) is 7.58. The first-order valence-corrected chi connectivity index (χ1v) is 8.42. The van der Waals surface area contributed by atoms with E-state index in [1.807, 2.05) is 48.8 Å². The Kier molecular flexibility index (Phi) is 3.66. The quantitative estimate of drug-likeness (QED) is 0.727. The fourth-order valence-corrected chi connectivity index (χ4v) is 3.66. The lowest BCUT2D eigenvalue weighted by molar-refractivity contribution is 0.105. The average Bonchev–Trinajstić information content (AvgIpc) is 2.88. The van der Waals surface area contributed by atoms with Gasteiger partial charge in [0.25, 0.3) is 5.56 Å². The van der Waals surface area contributed by atoms with E-state index >= 15 is 0 Å². The van der Waals surface area contributed by atoms with Crippen LogP contribution in [0.2, 0.25) is 0 Å². The number of hydrogen-bond acceptors (Lipinski definition) is 4. The van der Waals surface area contributed by atoms with Gasteiger partial charge in [-0.15, -0.1) is 0 Å². The molecule has 0 saturated carbocycles. The molecule has 3 heterocycles. The van der Waals surface area contributed by atoms with E-state index < -0.39 is 0 Å². The highest BCUT2D eigenvalue weighted by Gasteiger charge is 2.29. The molecule has 1 aliphatic carbocycles. The highest BCUT2D eigenvalue weighted by atomic mass is 16.1. The van der Waals surface area contributed by atoms with Crippen molar-refractivity contribution in [2.45, 2.75) is 6.54 Å². The summed E-state index contributed by atoms with van der Waals surface area (Å²) in [5.41, 5.74) is 3.68. The molecule has 0 aromatic carbocycles. The second-order valence-electron chi connectivity index (χ2n) is 6.97. The Labute approximate surface area is 151 Å². The van der Waals surface area contributed by atoms with Crippen LogP contribution in [-0.2, 0) is 20.6 Å². The van der Waals surface area contributed by atoms with Crippen molar-refractivity contribution >= 4 is 28.2 Å². The van der Waals surface area contributed by atoms with E-state index in [2.05, 4.69) is 4.98 Å². The van der Waals surface area contributed by atoms with Crippen LogP contribution in [0, 0.1) is 0 Å². The smallest absolute Gasteiger partial charge is 0.260 e. The van der Waals surface area contributed by atoms with Gasteiger partial charge in [0.15, 0.2) is 5.78 Å². The summed E-state index contributed by atoms with van der Waals surface area (Å²) >= 11 is 0. The van der Waals surface area contributed by atoms with Crippen molar-refractivity contribution in [1.29, 1.82) is 0 Å². The average molecular weight is 348 g/mol. The molecule has 6 nitrogen and oxygen atoms in total. The van der Waals surface area contributed by atoms with Gasteiger partial charge in [-0.25, -0.2) is 0 Å². The van der Waals surface area contributed by atoms with Crippen molar-refractivity contribution in [1.82, 2.24) is 19.0 Å². The first-order chi connectivity index (χ1) is 12.4. The van der Waals surface area contributed by atoms with E-state index in [-0.39, 0.29) is 11.3 Å². The van der Waals surface area contributed by atoms with Crippen molar-refractivity contribution in [3.8, 4) is 0 Å². The van der Waals surface area contributed by atoms with Gasteiger partial charge in [-0.2, -0.15) is 0 Å². The summed E-state index contributed by atoms with van der Waals surface area (Å²) in [6, 6.07) is 3.70. The normalized spacial score (nSPS) is 13.6. The summed E-state index contributed by atoms with van der Waals surface area (Å²) in [6.45, 7) is 0.621. The molecular weight excluding hydrogens is 328 g/mol. The van der Waals surface area contributed by atoms with E-state index in [9.17, 15) is 9.59 Å². The van der Waals surface area contributed by atoms with E-state index in [1.165, 1.54) is 4.57 Å². The van der Waals surface area contributed by atoms with Crippen LogP contribution in [0.4, 0.5) is 0 Å². The summed E-state index contributed by atoms with van der Waals surface area (Å²) < 4.78 is 3.53. The van der Waals surface area contributed by atoms with Gasteiger partial charge < -0.3 is 14.0 Å². The van der Waals surface area contributed by atoms with Crippen LogP contribution in [-0.4, -0.2) is 38.9 Å². The minimum atomic E-state index is -0.0758. The van der Waals surface area contributed by atoms with Gasteiger partial charge in [-0.1, -0.05) is 6.07 Å². The van der Waals surface area contributed by atoms with Crippen molar-refractivity contribution in [2.75, 3.05) is 14.1 Å². The number of aromatic nitrogens is 3. The van der Waals surface area contributed by atoms with Gasteiger partial charge >= 0.3 is 0 Å². The van der Waals surface area contributed by atoms with E-state index in [1.54, 1.807) is 25.6 Å². The summed E-state index contributed by atoms with van der Waals surface area (Å²) in [6.07, 6.45) is 6.91. The standard InChI is InChI=1S/C20H20N4O2/c1-22(2)11-16-18-17-14(10-23(3)20(18)26)19(25)13(8-15(17)24(16)4)12-6-5-7-21-9-12/h5-10H,11H2,1-4H3. The van der Waals surface area contributed by atoms with Crippen LogP contribution < -0.4 is 5.56 Å².